The summed E-state index contributed by atoms with van der Waals surface area (Å²) in [5.74, 6) is 0.950. The van der Waals surface area contributed by atoms with Gasteiger partial charge in [0, 0.05) is 29.4 Å². The van der Waals surface area contributed by atoms with Gasteiger partial charge in [-0.15, -0.1) is 22.0 Å². The van der Waals surface area contributed by atoms with Crippen LogP contribution in [0.25, 0.3) is 10.2 Å². The highest BCUT2D eigenvalue weighted by Crippen LogP contribution is 2.27. The van der Waals surface area contributed by atoms with Crippen LogP contribution in [0.5, 0.6) is 0 Å². The molecule has 0 radical (unpaired) electrons. The number of nitrogens with two attached hydrogens (primary N) is 1. The molecule has 0 saturated carbocycles. The van der Waals surface area contributed by atoms with Crippen molar-refractivity contribution < 1.29 is 4.79 Å². The Morgan fingerprint density at radius 1 is 1.28 bits per heavy atom. The number of thioether (sulfide) groups is 1. The molecule has 0 aliphatic rings. The molecule has 3 aromatic heterocycles. The van der Waals surface area contributed by atoms with Crippen LogP contribution in [0.1, 0.15) is 23.1 Å². The van der Waals surface area contributed by atoms with Gasteiger partial charge in [-0.3, -0.25) is 4.79 Å². The van der Waals surface area contributed by atoms with Crippen LogP contribution in [0, 0.1) is 5.92 Å². The molecule has 1 atom stereocenters. The zero-order chi connectivity index (χ0) is 22.5. The second kappa shape index (κ2) is 10.0. The number of rotatable bonds is 9. The Kier molecular flexibility index (Phi) is 6.93. The smallest absolute Gasteiger partial charge is 0.266 e. The molecule has 3 heterocycles. The van der Waals surface area contributed by atoms with Crippen molar-refractivity contribution in [1.82, 2.24) is 35.0 Å². The number of nitrogens with one attached hydrogen (secondary N) is 2. The predicted molar refractivity (Wildman–Crippen MR) is 127 cm³/mol. The van der Waals surface area contributed by atoms with Crippen molar-refractivity contribution in [2.45, 2.75) is 18.4 Å². The third-order valence-electron chi connectivity index (χ3n) is 4.72. The largest absolute Gasteiger partial charge is 0.368 e. The fraction of sp³-hybridized carbons (Fsp3) is 0.300. The van der Waals surface area contributed by atoms with E-state index < -0.39 is 0 Å². The van der Waals surface area contributed by atoms with E-state index in [0.717, 1.165) is 39.2 Å². The Balaban J connectivity index is 1.30. The Labute approximate surface area is 193 Å². The number of anilines is 2. The summed E-state index contributed by atoms with van der Waals surface area (Å²) in [7, 11) is 0. The molecule has 32 heavy (non-hydrogen) atoms. The van der Waals surface area contributed by atoms with E-state index in [0.29, 0.717) is 18.0 Å². The lowest BCUT2D eigenvalue weighted by Gasteiger charge is -2.12. The number of nitrogen functional groups attached to an aromatic ring is 1. The molecule has 0 unspecified atom stereocenters. The SMILES string of the molecule is CSc1cnc(CNC[C@H](C)CNc2nc3ccc(C(=O)n4cnnc4N)cc3s2)nc1. The molecule has 1 aromatic carbocycles. The second-order valence-electron chi connectivity index (χ2n) is 7.22. The van der Waals surface area contributed by atoms with Crippen LogP contribution in [0.3, 0.4) is 0 Å². The minimum Gasteiger partial charge on any atom is -0.368 e. The molecule has 0 amide bonds. The molecule has 0 spiro atoms. The number of hydrogen-bond acceptors (Lipinski definition) is 11. The summed E-state index contributed by atoms with van der Waals surface area (Å²) < 4.78 is 2.14. The fourth-order valence-corrected chi connectivity index (χ4v) is 4.20. The fourth-order valence-electron chi connectivity index (χ4n) is 2.98. The first-order valence-corrected chi connectivity index (χ1v) is 12.0. The average molecular weight is 470 g/mol. The van der Waals surface area contributed by atoms with Gasteiger partial charge in [0.2, 0.25) is 5.95 Å². The monoisotopic (exact) mass is 469 g/mol. The van der Waals surface area contributed by atoms with Crippen molar-refractivity contribution in [3.8, 4) is 0 Å². The van der Waals surface area contributed by atoms with Crippen LogP contribution < -0.4 is 16.4 Å². The Morgan fingerprint density at radius 2 is 2.09 bits per heavy atom. The molecule has 0 aliphatic heterocycles. The number of carbonyl (C=O) groups is 1. The van der Waals surface area contributed by atoms with E-state index >= 15 is 0 Å². The van der Waals surface area contributed by atoms with Crippen LogP contribution in [0.2, 0.25) is 0 Å². The summed E-state index contributed by atoms with van der Waals surface area (Å²) in [5.41, 5.74) is 7.02. The highest BCUT2D eigenvalue weighted by Gasteiger charge is 2.14. The number of carbonyl (C=O) groups excluding carboxylic acids is 1. The topological polar surface area (TPSA) is 137 Å². The molecule has 0 bridgehead atoms. The van der Waals surface area contributed by atoms with E-state index in [2.05, 4.69) is 42.7 Å². The molecule has 166 valence electrons. The van der Waals surface area contributed by atoms with Crippen LogP contribution in [0.4, 0.5) is 11.1 Å². The standard InChI is InChI=1S/C20H23N9OS2/c1-12(6-22-10-17-23-8-14(31-2)9-24-17)7-25-20-27-15-4-3-13(5-16(15)32-20)18(30)29-11-26-28-19(29)21/h3-5,8-9,11-12,22H,6-7,10H2,1-2H3,(H2,21,28)(H,25,27)/t12-/m0/s1. The molecular weight excluding hydrogens is 446 g/mol. The molecule has 0 fully saturated rings. The Bertz CT molecular complexity index is 1210. The lowest BCUT2D eigenvalue weighted by molar-refractivity contribution is 0.0962. The molecule has 0 saturated heterocycles. The lowest BCUT2D eigenvalue weighted by Crippen LogP contribution is -2.26. The van der Waals surface area contributed by atoms with Gasteiger partial charge in [0.15, 0.2) is 5.13 Å². The van der Waals surface area contributed by atoms with Gasteiger partial charge < -0.3 is 16.4 Å². The van der Waals surface area contributed by atoms with Gasteiger partial charge in [0.05, 0.1) is 16.8 Å². The molecule has 4 aromatic rings. The molecule has 12 heteroatoms. The number of thiazole rings is 1. The third kappa shape index (κ3) is 5.21. The van der Waals surface area contributed by atoms with Gasteiger partial charge in [0.1, 0.15) is 12.2 Å². The van der Waals surface area contributed by atoms with Gasteiger partial charge in [-0.1, -0.05) is 18.3 Å². The molecule has 0 aliphatic carbocycles. The van der Waals surface area contributed by atoms with Gasteiger partial charge in [0.25, 0.3) is 5.91 Å². The van der Waals surface area contributed by atoms with Crippen LogP contribution in [-0.2, 0) is 6.54 Å². The minimum atomic E-state index is -0.274. The lowest BCUT2D eigenvalue weighted by atomic mass is 10.2. The summed E-state index contributed by atoms with van der Waals surface area (Å²) >= 11 is 3.14. The number of fused-ring (bicyclic) bond motifs is 1. The maximum Gasteiger partial charge on any atom is 0.266 e. The first-order chi connectivity index (χ1) is 15.5. The highest BCUT2D eigenvalue weighted by atomic mass is 32.2. The summed E-state index contributed by atoms with van der Waals surface area (Å²) in [6, 6.07) is 5.37. The van der Waals surface area contributed by atoms with E-state index in [-0.39, 0.29) is 11.9 Å². The first-order valence-electron chi connectivity index (χ1n) is 9.93. The van der Waals surface area contributed by atoms with Gasteiger partial charge in [-0.05, 0) is 36.9 Å². The van der Waals surface area contributed by atoms with Crippen molar-refractivity contribution >= 4 is 50.3 Å². The highest BCUT2D eigenvalue weighted by molar-refractivity contribution is 7.98. The summed E-state index contributed by atoms with van der Waals surface area (Å²) in [6.07, 6.45) is 6.99. The summed E-state index contributed by atoms with van der Waals surface area (Å²) in [5, 5.41) is 14.9. The van der Waals surface area contributed by atoms with Crippen LogP contribution in [-0.4, -0.2) is 55.0 Å². The second-order valence-corrected chi connectivity index (χ2v) is 9.13. The molecule has 10 nitrogen and oxygen atoms in total. The van der Waals surface area contributed by atoms with Crippen molar-refractivity contribution in [1.29, 1.82) is 0 Å². The summed E-state index contributed by atoms with van der Waals surface area (Å²) in [6.45, 7) is 4.38. The van der Waals surface area contributed by atoms with E-state index in [1.807, 2.05) is 30.8 Å². The maximum absolute atomic E-state index is 12.6. The molecular formula is C20H23N9OS2. The molecule has 4 rings (SSSR count). The maximum atomic E-state index is 12.6. The number of nitrogens with zero attached hydrogens (tertiary/aromatic N) is 6. The van der Waals surface area contributed by atoms with Crippen molar-refractivity contribution in [3.05, 3.63) is 48.3 Å². The zero-order valence-electron chi connectivity index (χ0n) is 17.6. The Morgan fingerprint density at radius 3 is 2.81 bits per heavy atom. The number of benzene rings is 1. The number of aromatic nitrogens is 6. The molecule has 4 N–H and O–H groups in total. The Hall–Kier alpha value is -3.09. The van der Waals surface area contributed by atoms with Crippen LogP contribution in [0.15, 0.2) is 41.8 Å². The first kappa shape index (κ1) is 22.1. The normalized spacial score (nSPS) is 12.2. The average Bonchev–Trinajstić information content (AvgIpc) is 3.42. The predicted octanol–water partition coefficient (Wildman–Crippen LogP) is 2.51. The zero-order valence-corrected chi connectivity index (χ0v) is 19.3. The van der Waals surface area contributed by atoms with Crippen molar-refractivity contribution in [3.63, 3.8) is 0 Å². The summed E-state index contributed by atoms with van der Waals surface area (Å²) in [4.78, 5) is 26.9. The van der Waals surface area contributed by atoms with Crippen LogP contribution >= 0.6 is 23.1 Å². The van der Waals surface area contributed by atoms with Crippen molar-refractivity contribution in [2.75, 3.05) is 30.4 Å². The third-order valence-corrected chi connectivity index (χ3v) is 6.38. The quantitative estimate of drug-likeness (QED) is 0.314. The van der Waals surface area contributed by atoms with E-state index in [9.17, 15) is 4.79 Å². The van der Waals surface area contributed by atoms with E-state index in [1.165, 1.54) is 22.2 Å². The number of hydrogen-bond donors (Lipinski definition) is 3. The van der Waals surface area contributed by atoms with Gasteiger partial charge in [-0.25, -0.2) is 19.5 Å². The van der Waals surface area contributed by atoms with Crippen molar-refractivity contribution in [2.24, 2.45) is 5.92 Å². The van der Waals surface area contributed by atoms with Gasteiger partial charge >= 0.3 is 0 Å². The minimum absolute atomic E-state index is 0.0629. The van der Waals surface area contributed by atoms with E-state index in [4.69, 9.17) is 5.73 Å². The van der Waals surface area contributed by atoms with E-state index in [1.54, 1.807) is 17.8 Å². The van der Waals surface area contributed by atoms with Gasteiger partial charge in [-0.2, -0.15) is 0 Å².